The molecule has 6 heteroatoms. The van der Waals surface area contributed by atoms with Crippen molar-refractivity contribution >= 4 is 12.0 Å². The highest BCUT2D eigenvalue weighted by Crippen LogP contribution is 2.25. The molecule has 1 aromatic rings. The Morgan fingerprint density at radius 1 is 1.62 bits per heavy atom. The lowest BCUT2D eigenvalue weighted by atomic mass is 10.2. The van der Waals surface area contributed by atoms with Gasteiger partial charge in [0.15, 0.2) is 5.82 Å². The van der Waals surface area contributed by atoms with Crippen molar-refractivity contribution in [1.82, 2.24) is 10.1 Å². The topological polar surface area (TPSA) is 79.5 Å². The first kappa shape index (κ1) is 10.9. The van der Waals surface area contributed by atoms with E-state index in [1.54, 1.807) is 4.90 Å². The van der Waals surface area contributed by atoms with Crippen LogP contribution in [0.3, 0.4) is 0 Å². The molecule has 1 aliphatic heterocycles. The minimum atomic E-state index is -0.832. The van der Waals surface area contributed by atoms with Gasteiger partial charge in [0.2, 0.25) is 0 Å². The Hall–Kier alpha value is -1.59. The Morgan fingerprint density at radius 3 is 2.94 bits per heavy atom. The van der Waals surface area contributed by atoms with Crippen LogP contribution in [0.1, 0.15) is 38.4 Å². The molecule has 1 N–H and O–H groups in total. The minimum absolute atomic E-state index is 0.184. The molecule has 1 fully saturated rings. The van der Waals surface area contributed by atoms with Gasteiger partial charge in [0.25, 0.3) is 0 Å². The summed E-state index contributed by atoms with van der Waals surface area (Å²) in [5.41, 5.74) is 0. The van der Waals surface area contributed by atoms with Crippen LogP contribution in [0.25, 0.3) is 0 Å². The van der Waals surface area contributed by atoms with Gasteiger partial charge < -0.3 is 14.5 Å². The quantitative estimate of drug-likeness (QED) is 0.833. The lowest BCUT2D eigenvalue weighted by Crippen LogP contribution is -2.36. The Bertz CT molecular complexity index is 388. The van der Waals surface area contributed by atoms with E-state index < -0.39 is 12.0 Å². The fraction of sp³-hybridized carbons (Fsp3) is 0.700. The summed E-state index contributed by atoms with van der Waals surface area (Å²) in [4.78, 5) is 16.9. The van der Waals surface area contributed by atoms with Crippen LogP contribution in [-0.4, -0.2) is 33.8 Å². The van der Waals surface area contributed by atoms with E-state index in [0.717, 1.165) is 6.42 Å². The zero-order chi connectivity index (χ0) is 11.7. The van der Waals surface area contributed by atoms with Gasteiger partial charge in [-0.15, -0.1) is 0 Å². The van der Waals surface area contributed by atoms with Crippen LogP contribution in [0, 0.1) is 0 Å². The molecular weight excluding hydrogens is 210 g/mol. The van der Waals surface area contributed by atoms with Crippen molar-refractivity contribution in [1.29, 1.82) is 0 Å². The average molecular weight is 225 g/mol. The van der Waals surface area contributed by atoms with Crippen molar-refractivity contribution in [3.8, 4) is 0 Å². The molecule has 0 radical (unpaired) electrons. The lowest BCUT2D eigenvalue weighted by Gasteiger charge is -2.17. The van der Waals surface area contributed by atoms with E-state index in [0.29, 0.717) is 24.8 Å². The van der Waals surface area contributed by atoms with Gasteiger partial charge in [-0.25, -0.2) is 4.79 Å². The summed E-state index contributed by atoms with van der Waals surface area (Å²) in [5.74, 6) is -0.0313. The Kier molecular flexibility index (Phi) is 2.80. The molecule has 0 aromatic carbocycles. The predicted octanol–water partition coefficient (Wildman–Crippen LogP) is 1.25. The molecule has 1 aliphatic rings. The number of carboxylic acids is 1. The maximum absolute atomic E-state index is 11.0. The number of carboxylic acid groups (broad SMARTS) is 1. The monoisotopic (exact) mass is 225 g/mol. The van der Waals surface area contributed by atoms with E-state index in [-0.39, 0.29) is 5.92 Å². The fourth-order valence-electron chi connectivity index (χ4n) is 1.83. The number of aromatic nitrogens is 2. The normalized spacial score (nSPS) is 20.7. The largest absolute Gasteiger partial charge is 0.480 e. The van der Waals surface area contributed by atoms with Gasteiger partial charge in [0.1, 0.15) is 6.04 Å². The first-order chi connectivity index (χ1) is 7.59. The van der Waals surface area contributed by atoms with Crippen molar-refractivity contribution in [2.75, 3.05) is 11.4 Å². The van der Waals surface area contributed by atoms with Crippen molar-refractivity contribution in [3.63, 3.8) is 0 Å². The zero-order valence-corrected chi connectivity index (χ0v) is 9.38. The smallest absolute Gasteiger partial charge is 0.326 e. The van der Waals surface area contributed by atoms with Crippen LogP contribution in [0.2, 0.25) is 0 Å². The zero-order valence-electron chi connectivity index (χ0n) is 9.38. The molecule has 0 bridgehead atoms. The third-order valence-corrected chi connectivity index (χ3v) is 2.73. The van der Waals surface area contributed by atoms with Crippen molar-refractivity contribution in [3.05, 3.63) is 5.82 Å². The van der Waals surface area contributed by atoms with Crippen molar-refractivity contribution in [2.24, 2.45) is 0 Å². The first-order valence-electron chi connectivity index (χ1n) is 5.42. The number of carbonyl (C=O) groups is 1. The SMILES string of the molecule is CC(C)c1noc(N2CCCC2C(=O)O)n1. The molecular formula is C10H15N3O3. The molecule has 0 amide bonds. The van der Waals surface area contributed by atoms with Crippen LogP contribution >= 0.6 is 0 Å². The van der Waals surface area contributed by atoms with E-state index in [1.807, 2.05) is 13.8 Å². The third-order valence-electron chi connectivity index (χ3n) is 2.73. The number of hydrogen-bond acceptors (Lipinski definition) is 5. The molecule has 1 saturated heterocycles. The van der Waals surface area contributed by atoms with Crippen molar-refractivity contribution in [2.45, 2.75) is 38.6 Å². The maximum atomic E-state index is 11.0. The van der Waals surface area contributed by atoms with Crippen LogP contribution < -0.4 is 4.90 Å². The standard InChI is InChI=1S/C10H15N3O3/c1-6(2)8-11-10(16-12-8)13-5-3-4-7(13)9(14)15/h6-7H,3-5H2,1-2H3,(H,14,15). The summed E-state index contributed by atoms with van der Waals surface area (Å²) in [5, 5.41) is 12.9. The Labute approximate surface area is 93.2 Å². The van der Waals surface area contributed by atoms with Gasteiger partial charge in [-0.1, -0.05) is 19.0 Å². The molecule has 0 spiro atoms. The number of rotatable bonds is 3. The number of nitrogens with zero attached hydrogens (tertiary/aromatic N) is 3. The number of aliphatic carboxylic acids is 1. The number of hydrogen-bond donors (Lipinski definition) is 1. The molecule has 6 nitrogen and oxygen atoms in total. The first-order valence-corrected chi connectivity index (χ1v) is 5.42. The molecule has 16 heavy (non-hydrogen) atoms. The van der Waals surface area contributed by atoms with E-state index in [2.05, 4.69) is 10.1 Å². The summed E-state index contributed by atoms with van der Waals surface area (Å²) in [6.45, 7) is 4.59. The van der Waals surface area contributed by atoms with Gasteiger partial charge in [-0.2, -0.15) is 4.98 Å². The van der Waals surface area contributed by atoms with Crippen LogP contribution in [0.15, 0.2) is 4.52 Å². The molecule has 1 atom stereocenters. The summed E-state index contributed by atoms with van der Waals surface area (Å²) in [7, 11) is 0. The van der Waals surface area contributed by atoms with Gasteiger partial charge in [0.05, 0.1) is 0 Å². The van der Waals surface area contributed by atoms with Crippen LogP contribution in [0.5, 0.6) is 0 Å². The average Bonchev–Trinajstić information content (AvgIpc) is 2.86. The lowest BCUT2D eigenvalue weighted by molar-refractivity contribution is -0.138. The molecule has 88 valence electrons. The Balaban J connectivity index is 2.19. The summed E-state index contributed by atoms with van der Waals surface area (Å²) in [6.07, 6.45) is 1.48. The molecule has 2 rings (SSSR count). The minimum Gasteiger partial charge on any atom is -0.480 e. The molecule has 2 heterocycles. The van der Waals surface area contributed by atoms with Gasteiger partial charge in [0, 0.05) is 12.5 Å². The van der Waals surface area contributed by atoms with E-state index in [4.69, 9.17) is 9.63 Å². The highest BCUT2D eigenvalue weighted by Gasteiger charge is 2.34. The second-order valence-electron chi connectivity index (χ2n) is 4.28. The van der Waals surface area contributed by atoms with Crippen LogP contribution in [-0.2, 0) is 4.79 Å². The molecule has 0 aliphatic carbocycles. The summed E-state index contributed by atoms with van der Waals surface area (Å²) >= 11 is 0. The summed E-state index contributed by atoms with van der Waals surface area (Å²) in [6, 6.07) is -0.200. The fourth-order valence-corrected chi connectivity index (χ4v) is 1.83. The maximum Gasteiger partial charge on any atom is 0.326 e. The van der Waals surface area contributed by atoms with E-state index in [1.165, 1.54) is 0 Å². The molecule has 1 unspecified atom stereocenters. The molecule has 1 aromatic heterocycles. The van der Waals surface area contributed by atoms with Gasteiger partial charge in [-0.05, 0) is 12.8 Å². The summed E-state index contributed by atoms with van der Waals surface area (Å²) < 4.78 is 5.09. The molecule has 0 saturated carbocycles. The predicted molar refractivity (Wildman–Crippen MR) is 56.4 cm³/mol. The van der Waals surface area contributed by atoms with E-state index in [9.17, 15) is 4.79 Å². The second-order valence-corrected chi connectivity index (χ2v) is 4.28. The van der Waals surface area contributed by atoms with E-state index >= 15 is 0 Å². The van der Waals surface area contributed by atoms with Crippen molar-refractivity contribution < 1.29 is 14.4 Å². The van der Waals surface area contributed by atoms with Gasteiger partial charge >= 0.3 is 12.0 Å². The van der Waals surface area contributed by atoms with Crippen LogP contribution in [0.4, 0.5) is 6.01 Å². The second kappa shape index (κ2) is 4.11. The third kappa shape index (κ3) is 1.87. The highest BCUT2D eigenvalue weighted by molar-refractivity contribution is 5.77. The Morgan fingerprint density at radius 2 is 2.38 bits per heavy atom. The highest BCUT2D eigenvalue weighted by atomic mass is 16.5. The van der Waals surface area contributed by atoms with Gasteiger partial charge in [-0.3, -0.25) is 0 Å². The number of anilines is 1.